The molecule has 0 spiro atoms. The first kappa shape index (κ1) is 14.1. The molecule has 21 heavy (non-hydrogen) atoms. The second-order valence-corrected chi connectivity index (χ2v) is 5.77. The number of hydrogen-bond donors (Lipinski definition) is 0. The van der Waals surface area contributed by atoms with Crippen molar-refractivity contribution in [3.05, 3.63) is 59.9 Å². The van der Waals surface area contributed by atoms with Crippen molar-refractivity contribution in [3.8, 4) is 5.75 Å². The summed E-state index contributed by atoms with van der Waals surface area (Å²) in [5.41, 5.74) is 2.54. The van der Waals surface area contributed by atoms with Crippen LogP contribution in [0.2, 0.25) is 0 Å². The van der Waals surface area contributed by atoms with Gasteiger partial charge in [-0.05, 0) is 49.1 Å². The molecule has 2 heterocycles. The van der Waals surface area contributed by atoms with Gasteiger partial charge in [-0.25, -0.2) is 0 Å². The van der Waals surface area contributed by atoms with Crippen LogP contribution >= 0.6 is 0 Å². The van der Waals surface area contributed by atoms with Crippen LogP contribution in [-0.2, 0) is 6.54 Å². The maximum absolute atomic E-state index is 6.10. The van der Waals surface area contributed by atoms with Gasteiger partial charge in [-0.2, -0.15) is 0 Å². The Morgan fingerprint density at radius 1 is 1.19 bits per heavy atom. The Balaban J connectivity index is 1.49. The molecule has 3 nitrogen and oxygen atoms in total. The van der Waals surface area contributed by atoms with Crippen LogP contribution in [0.4, 0.5) is 0 Å². The normalized spacial score (nSPS) is 16.8. The van der Waals surface area contributed by atoms with Crippen molar-refractivity contribution in [3.63, 3.8) is 0 Å². The number of pyridine rings is 1. The molecule has 0 bridgehead atoms. The zero-order chi connectivity index (χ0) is 14.5. The number of hydrogen-bond acceptors (Lipinski definition) is 3. The van der Waals surface area contributed by atoms with Gasteiger partial charge in [0.05, 0.1) is 0 Å². The number of ether oxygens (including phenoxy) is 1. The number of aryl methyl sites for hydroxylation is 1. The van der Waals surface area contributed by atoms with Crippen LogP contribution in [0.25, 0.3) is 0 Å². The van der Waals surface area contributed by atoms with E-state index in [-0.39, 0.29) is 0 Å². The van der Waals surface area contributed by atoms with E-state index in [0.29, 0.717) is 6.10 Å². The minimum Gasteiger partial charge on any atom is -0.490 e. The van der Waals surface area contributed by atoms with E-state index >= 15 is 0 Å². The average molecular weight is 282 g/mol. The lowest BCUT2D eigenvalue weighted by Gasteiger charge is -2.32. The Morgan fingerprint density at radius 3 is 2.76 bits per heavy atom. The predicted molar refractivity (Wildman–Crippen MR) is 84.3 cm³/mol. The molecule has 3 rings (SSSR count). The summed E-state index contributed by atoms with van der Waals surface area (Å²) in [6.07, 6.45) is 6.31. The largest absolute Gasteiger partial charge is 0.490 e. The zero-order valence-electron chi connectivity index (χ0n) is 12.5. The van der Waals surface area contributed by atoms with E-state index < -0.39 is 0 Å². The third-order valence-corrected chi connectivity index (χ3v) is 3.96. The summed E-state index contributed by atoms with van der Waals surface area (Å²) in [5, 5.41) is 0. The van der Waals surface area contributed by atoms with Crippen molar-refractivity contribution in [1.82, 2.24) is 9.88 Å². The fraction of sp³-hybridized carbons (Fsp3) is 0.389. The summed E-state index contributed by atoms with van der Waals surface area (Å²) in [6, 6.07) is 12.5. The van der Waals surface area contributed by atoms with Gasteiger partial charge in [0.1, 0.15) is 11.9 Å². The van der Waals surface area contributed by atoms with Crippen LogP contribution in [-0.4, -0.2) is 29.1 Å². The first-order chi connectivity index (χ1) is 10.3. The molecule has 110 valence electrons. The number of rotatable bonds is 4. The molecule has 1 aliphatic rings. The molecule has 0 amide bonds. The van der Waals surface area contributed by atoms with Crippen LogP contribution in [0.3, 0.4) is 0 Å². The Bertz CT molecular complexity index is 562. The molecular weight excluding hydrogens is 260 g/mol. The maximum Gasteiger partial charge on any atom is 0.119 e. The molecule has 1 aromatic heterocycles. The van der Waals surface area contributed by atoms with Crippen LogP contribution in [0.15, 0.2) is 48.8 Å². The summed E-state index contributed by atoms with van der Waals surface area (Å²) in [4.78, 5) is 6.66. The predicted octanol–water partition coefficient (Wildman–Crippen LogP) is 3.43. The van der Waals surface area contributed by atoms with E-state index in [9.17, 15) is 0 Å². The zero-order valence-corrected chi connectivity index (χ0v) is 12.5. The Morgan fingerprint density at radius 2 is 2.05 bits per heavy atom. The molecule has 0 N–H and O–H groups in total. The number of benzene rings is 1. The lowest BCUT2D eigenvalue weighted by molar-refractivity contribution is 0.0967. The SMILES string of the molecule is Cc1cccc(OC2CCN(Cc3cccnc3)CC2)c1. The van der Waals surface area contributed by atoms with Gasteiger partial charge < -0.3 is 4.74 Å². The number of piperidine rings is 1. The molecule has 0 unspecified atom stereocenters. The van der Waals surface area contributed by atoms with Crippen molar-refractivity contribution in [2.45, 2.75) is 32.4 Å². The second kappa shape index (κ2) is 6.72. The summed E-state index contributed by atoms with van der Waals surface area (Å²) < 4.78 is 6.10. The van der Waals surface area contributed by atoms with Crippen molar-refractivity contribution >= 4 is 0 Å². The van der Waals surface area contributed by atoms with Crippen LogP contribution in [0, 0.1) is 6.92 Å². The summed E-state index contributed by atoms with van der Waals surface area (Å²) in [6.45, 7) is 5.27. The highest BCUT2D eigenvalue weighted by atomic mass is 16.5. The van der Waals surface area contributed by atoms with E-state index in [1.54, 1.807) is 0 Å². The van der Waals surface area contributed by atoms with Crippen molar-refractivity contribution in [1.29, 1.82) is 0 Å². The summed E-state index contributed by atoms with van der Waals surface area (Å²) in [5.74, 6) is 1.00. The summed E-state index contributed by atoms with van der Waals surface area (Å²) >= 11 is 0. The Kier molecular flexibility index (Phi) is 4.51. The van der Waals surface area contributed by atoms with Gasteiger partial charge in [-0.15, -0.1) is 0 Å². The molecular formula is C18H22N2O. The van der Waals surface area contributed by atoms with Crippen molar-refractivity contribution < 1.29 is 4.74 Å². The van der Waals surface area contributed by atoms with Gasteiger partial charge in [0.2, 0.25) is 0 Å². The highest BCUT2D eigenvalue weighted by molar-refractivity contribution is 5.27. The minimum absolute atomic E-state index is 0.344. The van der Waals surface area contributed by atoms with Gasteiger partial charge in [0.25, 0.3) is 0 Å². The third-order valence-electron chi connectivity index (χ3n) is 3.96. The highest BCUT2D eigenvalue weighted by Gasteiger charge is 2.20. The molecule has 0 atom stereocenters. The average Bonchev–Trinajstić information content (AvgIpc) is 2.50. The van der Waals surface area contributed by atoms with Gasteiger partial charge in [-0.3, -0.25) is 9.88 Å². The molecule has 1 aromatic carbocycles. The van der Waals surface area contributed by atoms with E-state index in [2.05, 4.69) is 47.1 Å². The molecule has 0 saturated carbocycles. The van der Waals surface area contributed by atoms with E-state index in [4.69, 9.17) is 4.74 Å². The van der Waals surface area contributed by atoms with Crippen LogP contribution in [0.5, 0.6) is 5.75 Å². The quantitative estimate of drug-likeness (QED) is 0.859. The lowest BCUT2D eigenvalue weighted by Crippen LogP contribution is -2.37. The first-order valence-electron chi connectivity index (χ1n) is 7.64. The first-order valence-corrected chi connectivity index (χ1v) is 7.64. The molecule has 1 fully saturated rings. The molecule has 3 heteroatoms. The molecule has 2 aromatic rings. The standard InChI is InChI=1S/C18H22N2O/c1-15-4-2-6-18(12-15)21-17-7-10-20(11-8-17)14-16-5-3-9-19-13-16/h2-6,9,12-13,17H,7-8,10-11,14H2,1H3. The van der Waals surface area contributed by atoms with Crippen LogP contribution < -0.4 is 4.74 Å². The monoisotopic (exact) mass is 282 g/mol. The number of likely N-dealkylation sites (tertiary alicyclic amines) is 1. The Hall–Kier alpha value is -1.87. The fourth-order valence-electron chi connectivity index (χ4n) is 2.82. The fourth-order valence-corrected chi connectivity index (χ4v) is 2.82. The number of aromatic nitrogens is 1. The van der Waals surface area contributed by atoms with E-state index in [1.165, 1.54) is 11.1 Å². The lowest BCUT2D eigenvalue weighted by atomic mass is 10.1. The van der Waals surface area contributed by atoms with E-state index in [0.717, 1.165) is 38.2 Å². The highest BCUT2D eigenvalue weighted by Crippen LogP contribution is 2.20. The Labute approximate surface area is 126 Å². The third kappa shape index (κ3) is 4.05. The van der Waals surface area contributed by atoms with Crippen molar-refractivity contribution in [2.75, 3.05) is 13.1 Å². The number of nitrogens with zero attached hydrogens (tertiary/aromatic N) is 2. The van der Waals surface area contributed by atoms with E-state index in [1.807, 2.05) is 18.5 Å². The second-order valence-electron chi connectivity index (χ2n) is 5.77. The smallest absolute Gasteiger partial charge is 0.119 e. The van der Waals surface area contributed by atoms with Gasteiger partial charge in [0.15, 0.2) is 0 Å². The molecule has 1 saturated heterocycles. The molecule has 0 radical (unpaired) electrons. The van der Waals surface area contributed by atoms with Gasteiger partial charge >= 0.3 is 0 Å². The van der Waals surface area contributed by atoms with Gasteiger partial charge in [-0.1, -0.05) is 18.2 Å². The topological polar surface area (TPSA) is 25.4 Å². The molecule has 1 aliphatic heterocycles. The minimum atomic E-state index is 0.344. The summed E-state index contributed by atoms with van der Waals surface area (Å²) in [7, 11) is 0. The van der Waals surface area contributed by atoms with Gasteiger partial charge in [0, 0.05) is 32.0 Å². The molecule has 0 aliphatic carbocycles. The maximum atomic E-state index is 6.10. The van der Waals surface area contributed by atoms with Crippen LogP contribution in [0.1, 0.15) is 24.0 Å². The van der Waals surface area contributed by atoms with Crippen molar-refractivity contribution in [2.24, 2.45) is 0 Å².